The van der Waals surface area contributed by atoms with Crippen molar-refractivity contribution in [1.82, 2.24) is 4.98 Å². The fraction of sp³-hybridized carbons (Fsp3) is 0.286. The van der Waals surface area contributed by atoms with Crippen LogP contribution in [0.25, 0.3) is 0 Å². The second-order valence-electron chi connectivity index (χ2n) is 2.04. The standard InChI is InChI=1S/C7H6N2O3S/c10-4-2-1-3-6-8-5-7(13-6)9(11)12/h5,10H,2,4H2. The highest BCUT2D eigenvalue weighted by molar-refractivity contribution is 7.15. The molecular formula is C7H6N2O3S. The van der Waals surface area contributed by atoms with Gasteiger partial charge in [0.15, 0.2) is 5.01 Å². The molecule has 1 N–H and O–H groups in total. The summed E-state index contributed by atoms with van der Waals surface area (Å²) < 4.78 is 0. The van der Waals surface area contributed by atoms with Crippen molar-refractivity contribution in [2.75, 3.05) is 6.61 Å². The molecule has 0 saturated carbocycles. The largest absolute Gasteiger partial charge is 0.395 e. The van der Waals surface area contributed by atoms with E-state index in [-0.39, 0.29) is 11.6 Å². The molecule has 1 aromatic rings. The van der Waals surface area contributed by atoms with Crippen LogP contribution in [0.2, 0.25) is 0 Å². The topological polar surface area (TPSA) is 76.3 Å². The van der Waals surface area contributed by atoms with Crippen molar-refractivity contribution in [2.24, 2.45) is 0 Å². The third kappa shape index (κ3) is 2.82. The van der Waals surface area contributed by atoms with Gasteiger partial charge in [0.25, 0.3) is 0 Å². The van der Waals surface area contributed by atoms with Gasteiger partial charge in [-0.25, -0.2) is 4.98 Å². The quantitative estimate of drug-likeness (QED) is 0.433. The molecule has 13 heavy (non-hydrogen) atoms. The second-order valence-corrected chi connectivity index (χ2v) is 3.05. The predicted octanol–water partition coefficient (Wildman–Crippen LogP) is 0.785. The van der Waals surface area contributed by atoms with Gasteiger partial charge in [-0.3, -0.25) is 10.1 Å². The van der Waals surface area contributed by atoms with Crippen molar-refractivity contribution in [2.45, 2.75) is 6.42 Å². The summed E-state index contributed by atoms with van der Waals surface area (Å²) in [6, 6.07) is 0. The van der Waals surface area contributed by atoms with E-state index in [1.54, 1.807) is 0 Å². The van der Waals surface area contributed by atoms with Crippen molar-refractivity contribution < 1.29 is 10.0 Å². The predicted molar refractivity (Wildman–Crippen MR) is 47.3 cm³/mol. The van der Waals surface area contributed by atoms with E-state index in [0.29, 0.717) is 11.4 Å². The molecule has 0 fully saturated rings. The summed E-state index contributed by atoms with van der Waals surface area (Å²) in [5.74, 6) is 5.24. The van der Waals surface area contributed by atoms with Crippen LogP contribution in [0.1, 0.15) is 11.4 Å². The molecule has 0 aliphatic rings. The SMILES string of the molecule is O=[N+]([O-])c1cnc(C#CCCO)s1. The molecule has 0 aliphatic heterocycles. The molecule has 0 bridgehead atoms. The Balaban J connectivity index is 2.71. The monoisotopic (exact) mass is 198 g/mol. The molecule has 0 amide bonds. The lowest BCUT2D eigenvalue weighted by Crippen LogP contribution is -1.80. The maximum absolute atomic E-state index is 10.2. The van der Waals surface area contributed by atoms with E-state index >= 15 is 0 Å². The van der Waals surface area contributed by atoms with Gasteiger partial charge in [-0.05, 0) is 17.3 Å². The van der Waals surface area contributed by atoms with Gasteiger partial charge in [0.05, 0.1) is 11.5 Å². The average molecular weight is 198 g/mol. The number of hydrogen-bond acceptors (Lipinski definition) is 5. The number of nitrogens with zero attached hydrogens (tertiary/aromatic N) is 2. The lowest BCUT2D eigenvalue weighted by molar-refractivity contribution is -0.380. The molecule has 0 aliphatic carbocycles. The summed E-state index contributed by atoms with van der Waals surface area (Å²) in [7, 11) is 0. The van der Waals surface area contributed by atoms with Crippen LogP contribution in [0, 0.1) is 22.0 Å². The molecular weight excluding hydrogens is 192 g/mol. The summed E-state index contributed by atoms with van der Waals surface area (Å²) >= 11 is 0.926. The third-order valence-electron chi connectivity index (χ3n) is 1.11. The first-order valence-corrected chi connectivity index (χ1v) is 4.25. The maximum Gasteiger partial charge on any atom is 0.344 e. The van der Waals surface area contributed by atoms with Crippen molar-refractivity contribution in [3.63, 3.8) is 0 Å². The number of aliphatic hydroxyl groups excluding tert-OH is 1. The Morgan fingerprint density at radius 2 is 2.54 bits per heavy atom. The lowest BCUT2D eigenvalue weighted by atomic mass is 10.4. The van der Waals surface area contributed by atoms with E-state index in [0.717, 1.165) is 11.3 Å². The smallest absolute Gasteiger partial charge is 0.344 e. The van der Waals surface area contributed by atoms with Gasteiger partial charge in [0.2, 0.25) is 0 Å². The van der Waals surface area contributed by atoms with E-state index < -0.39 is 4.92 Å². The first-order valence-electron chi connectivity index (χ1n) is 3.44. The van der Waals surface area contributed by atoms with Crippen LogP contribution >= 0.6 is 11.3 Å². The highest BCUT2D eigenvalue weighted by atomic mass is 32.1. The van der Waals surface area contributed by atoms with Gasteiger partial charge in [-0.15, -0.1) is 0 Å². The molecule has 0 spiro atoms. The van der Waals surface area contributed by atoms with Crippen LogP contribution in [0.3, 0.4) is 0 Å². The maximum atomic E-state index is 10.2. The fourth-order valence-electron chi connectivity index (χ4n) is 0.602. The van der Waals surface area contributed by atoms with Gasteiger partial charge in [-0.2, -0.15) is 0 Å². The number of aromatic nitrogens is 1. The average Bonchev–Trinajstić information content (AvgIpc) is 2.53. The molecule has 1 aromatic heterocycles. The summed E-state index contributed by atoms with van der Waals surface area (Å²) in [5.41, 5.74) is 0. The summed E-state index contributed by atoms with van der Waals surface area (Å²) in [4.78, 5) is 13.5. The minimum Gasteiger partial charge on any atom is -0.395 e. The highest BCUT2D eigenvalue weighted by Gasteiger charge is 2.09. The van der Waals surface area contributed by atoms with Crippen LogP contribution in [-0.4, -0.2) is 21.6 Å². The Hall–Kier alpha value is -1.45. The Bertz CT molecular complexity index is 363. The van der Waals surface area contributed by atoms with Gasteiger partial charge >= 0.3 is 5.00 Å². The zero-order valence-electron chi connectivity index (χ0n) is 6.56. The Morgan fingerprint density at radius 3 is 3.08 bits per heavy atom. The van der Waals surface area contributed by atoms with Gasteiger partial charge < -0.3 is 5.11 Å². The molecule has 5 nitrogen and oxygen atoms in total. The molecule has 0 atom stereocenters. The number of aliphatic hydroxyl groups is 1. The molecule has 1 heterocycles. The van der Waals surface area contributed by atoms with E-state index in [1.165, 1.54) is 6.20 Å². The highest BCUT2D eigenvalue weighted by Crippen LogP contribution is 2.19. The van der Waals surface area contributed by atoms with Crippen LogP contribution in [0.4, 0.5) is 5.00 Å². The van der Waals surface area contributed by atoms with Gasteiger partial charge in [0, 0.05) is 6.42 Å². The zero-order chi connectivity index (χ0) is 9.68. The summed E-state index contributed by atoms with van der Waals surface area (Å²) in [6.45, 7) is -0.0134. The number of thiazole rings is 1. The van der Waals surface area contributed by atoms with Crippen molar-refractivity contribution in [1.29, 1.82) is 0 Å². The summed E-state index contributed by atoms with van der Waals surface area (Å²) in [6.07, 6.45) is 1.53. The number of rotatable bonds is 2. The van der Waals surface area contributed by atoms with Crippen LogP contribution in [0.5, 0.6) is 0 Å². The van der Waals surface area contributed by atoms with Crippen LogP contribution in [-0.2, 0) is 0 Å². The Morgan fingerprint density at radius 1 is 1.77 bits per heavy atom. The third-order valence-corrected chi connectivity index (χ3v) is 1.97. The van der Waals surface area contributed by atoms with Crippen molar-refractivity contribution in [3.05, 3.63) is 21.3 Å². The van der Waals surface area contributed by atoms with E-state index in [4.69, 9.17) is 5.11 Å². The van der Waals surface area contributed by atoms with E-state index in [9.17, 15) is 10.1 Å². The number of nitro groups is 1. The zero-order valence-corrected chi connectivity index (χ0v) is 7.37. The first-order chi connectivity index (χ1) is 6.24. The Labute approximate surface area is 78.2 Å². The summed E-state index contributed by atoms with van der Waals surface area (Å²) in [5, 5.41) is 19.0. The first kappa shape index (κ1) is 9.64. The lowest BCUT2D eigenvalue weighted by Gasteiger charge is -1.78. The second kappa shape index (κ2) is 4.54. The van der Waals surface area contributed by atoms with E-state index in [2.05, 4.69) is 16.8 Å². The number of hydrogen-bond donors (Lipinski definition) is 1. The molecule has 0 unspecified atom stereocenters. The molecule has 0 radical (unpaired) electrons. The Kier molecular flexibility index (Phi) is 3.37. The van der Waals surface area contributed by atoms with E-state index in [1.807, 2.05) is 0 Å². The minimum atomic E-state index is -0.505. The van der Waals surface area contributed by atoms with Gasteiger partial charge in [0.1, 0.15) is 6.20 Å². The van der Waals surface area contributed by atoms with Crippen molar-refractivity contribution >= 4 is 16.3 Å². The minimum absolute atomic E-state index is 0.0134. The fourth-order valence-corrected chi connectivity index (χ4v) is 1.21. The van der Waals surface area contributed by atoms with Crippen molar-refractivity contribution in [3.8, 4) is 11.8 Å². The molecule has 0 saturated heterocycles. The molecule has 68 valence electrons. The van der Waals surface area contributed by atoms with Crippen LogP contribution in [0.15, 0.2) is 6.20 Å². The molecule has 6 heteroatoms. The van der Waals surface area contributed by atoms with Gasteiger partial charge in [-0.1, -0.05) is 5.92 Å². The normalized spacial score (nSPS) is 9.00. The molecule has 1 rings (SSSR count). The molecule has 0 aromatic carbocycles. The van der Waals surface area contributed by atoms with Crippen LogP contribution < -0.4 is 0 Å².